The van der Waals surface area contributed by atoms with E-state index in [0.717, 1.165) is 6.42 Å². The lowest BCUT2D eigenvalue weighted by atomic mass is 10.1. The smallest absolute Gasteiger partial charge is 0.305 e. The zero-order valence-corrected chi connectivity index (χ0v) is 9.39. The van der Waals surface area contributed by atoms with Gasteiger partial charge in [-0.1, -0.05) is 30.3 Å². The maximum atomic E-state index is 11.1. The number of carbonyl (C=O) groups is 1. The Kier molecular flexibility index (Phi) is 3.57. The van der Waals surface area contributed by atoms with Crippen LogP contribution in [0.2, 0.25) is 0 Å². The molecule has 0 aliphatic carbocycles. The fourth-order valence-electron chi connectivity index (χ4n) is 1.79. The van der Waals surface area contributed by atoms with Crippen molar-refractivity contribution in [2.45, 2.75) is 32.0 Å². The summed E-state index contributed by atoms with van der Waals surface area (Å²) in [7, 11) is 0. The van der Waals surface area contributed by atoms with Crippen molar-refractivity contribution < 1.29 is 14.3 Å². The van der Waals surface area contributed by atoms with Gasteiger partial charge >= 0.3 is 5.97 Å². The van der Waals surface area contributed by atoms with Crippen molar-refractivity contribution in [3.8, 4) is 0 Å². The highest BCUT2D eigenvalue weighted by molar-refractivity contribution is 5.69. The highest BCUT2D eigenvalue weighted by atomic mass is 16.6. The molecule has 2 rings (SSSR count). The highest BCUT2D eigenvalue weighted by Crippen LogP contribution is 2.41. The lowest BCUT2D eigenvalue weighted by Crippen LogP contribution is -2.05. The topological polar surface area (TPSA) is 38.8 Å². The summed E-state index contributed by atoms with van der Waals surface area (Å²) >= 11 is 0. The van der Waals surface area contributed by atoms with Crippen molar-refractivity contribution in [3.63, 3.8) is 0 Å². The quantitative estimate of drug-likeness (QED) is 0.565. The summed E-state index contributed by atoms with van der Waals surface area (Å²) in [6.45, 7) is 2.27. The summed E-state index contributed by atoms with van der Waals surface area (Å²) in [6, 6.07) is 10.1. The van der Waals surface area contributed by atoms with Crippen molar-refractivity contribution >= 4 is 5.97 Å². The average Bonchev–Trinajstić information content (AvgIpc) is 3.07. The number of esters is 1. The fourth-order valence-corrected chi connectivity index (χ4v) is 1.79. The summed E-state index contributed by atoms with van der Waals surface area (Å²) < 4.78 is 10.4. The molecule has 0 saturated carbocycles. The van der Waals surface area contributed by atoms with Crippen molar-refractivity contribution in [2.75, 3.05) is 6.61 Å². The molecule has 86 valence electrons. The molecular formula is C13H16O3. The molecule has 1 aliphatic heterocycles. The summed E-state index contributed by atoms with van der Waals surface area (Å²) in [5, 5.41) is 0. The van der Waals surface area contributed by atoms with Crippen LogP contribution in [-0.2, 0) is 14.3 Å². The van der Waals surface area contributed by atoms with Gasteiger partial charge in [0.05, 0.1) is 12.7 Å². The molecule has 1 aromatic rings. The molecule has 2 atom stereocenters. The van der Waals surface area contributed by atoms with E-state index in [1.807, 2.05) is 25.1 Å². The predicted molar refractivity (Wildman–Crippen MR) is 59.9 cm³/mol. The Hall–Kier alpha value is -1.35. The third kappa shape index (κ3) is 2.83. The summed E-state index contributed by atoms with van der Waals surface area (Å²) in [4.78, 5) is 11.1. The van der Waals surface area contributed by atoms with Crippen LogP contribution >= 0.6 is 0 Å². The minimum Gasteiger partial charge on any atom is -0.466 e. The van der Waals surface area contributed by atoms with Crippen LogP contribution in [0.3, 0.4) is 0 Å². The van der Waals surface area contributed by atoms with Crippen molar-refractivity contribution in [1.82, 2.24) is 0 Å². The van der Waals surface area contributed by atoms with E-state index in [4.69, 9.17) is 9.47 Å². The lowest BCUT2D eigenvalue weighted by molar-refractivity contribution is -0.143. The standard InChI is InChI=1S/C13H16O3/c1-2-15-12(14)9-8-11-13(16-11)10-6-4-3-5-7-10/h3-7,11,13H,2,8-9H2,1H3/t11-,13+/m0/s1. The Morgan fingerprint density at radius 1 is 1.38 bits per heavy atom. The molecule has 0 N–H and O–H groups in total. The molecule has 0 aromatic heterocycles. The van der Waals surface area contributed by atoms with Gasteiger partial charge in [0.15, 0.2) is 0 Å². The Bertz CT molecular complexity index is 347. The van der Waals surface area contributed by atoms with E-state index in [9.17, 15) is 4.79 Å². The summed E-state index contributed by atoms with van der Waals surface area (Å²) in [5.41, 5.74) is 1.19. The summed E-state index contributed by atoms with van der Waals surface area (Å²) in [6.07, 6.45) is 1.56. The third-order valence-electron chi connectivity index (χ3n) is 2.65. The van der Waals surface area contributed by atoms with Crippen LogP contribution in [0.5, 0.6) is 0 Å². The molecule has 1 fully saturated rings. The van der Waals surface area contributed by atoms with Gasteiger partial charge in [-0.05, 0) is 18.9 Å². The Balaban J connectivity index is 1.74. The minimum atomic E-state index is -0.134. The van der Waals surface area contributed by atoms with Crippen molar-refractivity contribution in [1.29, 1.82) is 0 Å². The second kappa shape index (κ2) is 5.12. The third-order valence-corrected chi connectivity index (χ3v) is 2.65. The highest BCUT2D eigenvalue weighted by Gasteiger charge is 2.39. The molecular weight excluding hydrogens is 204 g/mol. The Morgan fingerprint density at radius 2 is 2.12 bits per heavy atom. The molecule has 0 spiro atoms. The number of ether oxygens (including phenoxy) is 2. The van der Waals surface area contributed by atoms with E-state index in [2.05, 4.69) is 12.1 Å². The molecule has 0 radical (unpaired) electrons. The van der Waals surface area contributed by atoms with Crippen LogP contribution in [0.15, 0.2) is 30.3 Å². The van der Waals surface area contributed by atoms with Crippen molar-refractivity contribution in [2.24, 2.45) is 0 Å². The van der Waals surface area contributed by atoms with E-state index < -0.39 is 0 Å². The van der Waals surface area contributed by atoms with Gasteiger partial charge in [-0.3, -0.25) is 4.79 Å². The van der Waals surface area contributed by atoms with E-state index in [1.165, 1.54) is 5.56 Å². The molecule has 16 heavy (non-hydrogen) atoms. The second-order valence-electron chi connectivity index (χ2n) is 3.85. The van der Waals surface area contributed by atoms with Gasteiger partial charge in [0, 0.05) is 6.42 Å². The molecule has 3 nitrogen and oxygen atoms in total. The number of hydrogen-bond acceptors (Lipinski definition) is 3. The van der Waals surface area contributed by atoms with Crippen LogP contribution in [0.25, 0.3) is 0 Å². The van der Waals surface area contributed by atoms with E-state index in [1.54, 1.807) is 0 Å². The normalized spacial score (nSPS) is 22.8. The monoisotopic (exact) mass is 220 g/mol. The fraction of sp³-hybridized carbons (Fsp3) is 0.462. The average molecular weight is 220 g/mol. The van der Waals surface area contributed by atoms with Crippen LogP contribution in [0, 0.1) is 0 Å². The predicted octanol–water partition coefficient (Wildman–Crippen LogP) is 2.47. The second-order valence-corrected chi connectivity index (χ2v) is 3.85. The Labute approximate surface area is 95.4 Å². The van der Waals surface area contributed by atoms with Gasteiger partial charge in [0.25, 0.3) is 0 Å². The molecule has 1 aliphatic rings. The SMILES string of the molecule is CCOC(=O)CC[C@@H]1O[C@@H]1c1ccccc1. The number of carbonyl (C=O) groups excluding carboxylic acids is 1. The number of benzene rings is 1. The van der Waals surface area contributed by atoms with Crippen molar-refractivity contribution in [3.05, 3.63) is 35.9 Å². The zero-order valence-electron chi connectivity index (χ0n) is 9.39. The van der Waals surface area contributed by atoms with Gasteiger partial charge in [-0.25, -0.2) is 0 Å². The number of hydrogen-bond donors (Lipinski definition) is 0. The maximum Gasteiger partial charge on any atom is 0.305 e. The zero-order chi connectivity index (χ0) is 11.4. The first-order valence-corrected chi connectivity index (χ1v) is 5.67. The van der Waals surface area contributed by atoms with Crippen LogP contribution in [0.1, 0.15) is 31.4 Å². The van der Waals surface area contributed by atoms with Gasteiger partial charge in [-0.15, -0.1) is 0 Å². The van der Waals surface area contributed by atoms with Gasteiger partial charge in [0.2, 0.25) is 0 Å². The maximum absolute atomic E-state index is 11.1. The van der Waals surface area contributed by atoms with Crippen LogP contribution < -0.4 is 0 Å². The van der Waals surface area contributed by atoms with E-state index >= 15 is 0 Å². The molecule has 3 heteroatoms. The van der Waals surface area contributed by atoms with Gasteiger partial charge < -0.3 is 9.47 Å². The molecule has 0 amide bonds. The lowest BCUT2D eigenvalue weighted by Gasteiger charge is -1.99. The summed E-state index contributed by atoms with van der Waals surface area (Å²) in [5.74, 6) is -0.134. The van der Waals surface area contributed by atoms with E-state index in [-0.39, 0.29) is 18.2 Å². The largest absolute Gasteiger partial charge is 0.466 e. The molecule has 0 unspecified atom stereocenters. The van der Waals surface area contributed by atoms with Gasteiger partial charge in [0.1, 0.15) is 6.10 Å². The first-order chi connectivity index (χ1) is 7.81. The van der Waals surface area contributed by atoms with Crippen LogP contribution in [-0.4, -0.2) is 18.7 Å². The first-order valence-electron chi connectivity index (χ1n) is 5.67. The molecule has 1 saturated heterocycles. The van der Waals surface area contributed by atoms with E-state index in [0.29, 0.717) is 13.0 Å². The Morgan fingerprint density at radius 3 is 2.81 bits per heavy atom. The molecule has 1 aromatic carbocycles. The van der Waals surface area contributed by atoms with Crippen LogP contribution in [0.4, 0.5) is 0 Å². The molecule has 1 heterocycles. The minimum absolute atomic E-state index is 0.134. The number of rotatable bonds is 5. The first kappa shape index (κ1) is 11.1. The van der Waals surface area contributed by atoms with Gasteiger partial charge in [-0.2, -0.15) is 0 Å². The number of epoxide rings is 1. The molecule has 0 bridgehead atoms.